The van der Waals surface area contributed by atoms with Gasteiger partial charge in [0.2, 0.25) is 0 Å². The standard InChI is InChI=1S/C48H61N3O/c1-33(2)45(5)27-17-23-37(31-45)47(7,35-19-11-9-12-20-35)39-29-40(44(52)43(30-39)51-49-41-25-15-16-26-42(41)50-51)48(8,36-21-13-10-14-22-36)38-24-18-28-46(6,32-38)34(3)4/h9-16,19-22,25-26,29-30,33-34,37-38,52H,17-18,23-24,27-28,31-32H2,1-8H3. The van der Waals surface area contributed by atoms with Crippen molar-refractivity contribution >= 4 is 11.0 Å². The lowest BCUT2D eigenvalue weighted by Crippen LogP contribution is -2.43. The molecule has 2 aliphatic carbocycles. The molecule has 1 heterocycles. The van der Waals surface area contributed by atoms with Gasteiger partial charge in [-0.1, -0.05) is 147 Å². The van der Waals surface area contributed by atoms with E-state index in [1.807, 2.05) is 24.3 Å². The molecular weight excluding hydrogens is 635 g/mol. The lowest BCUT2D eigenvalue weighted by Gasteiger charge is -2.50. The van der Waals surface area contributed by atoms with Crippen molar-refractivity contribution in [1.82, 2.24) is 15.0 Å². The average Bonchev–Trinajstić information content (AvgIpc) is 3.59. The van der Waals surface area contributed by atoms with Gasteiger partial charge in [-0.2, -0.15) is 0 Å². The minimum atomic E-state index is -0.449. The summed E-state index contributed by atoms with van der Waals surface area (Å²) in [6, 6.07) is 34.9. The van der Waals surface area contributed by atoms with Crippen LogP contribution in [0.3, 0.4) is 0 Å². The number of aromatic hydroxyl groups is 1. The van der Waals surface area contributed by atoms with E-state index in [0.29, 0.717) is 35.1 Å². The SMILES string of the molecule is CC(C)C1(C)CCCC(C(C)(c2ccccc2)c2cc(-n3nc4ccccc4n3)c(O)c(C(C)(c3ccccc3)C3CCCC(C)(C(C)C)C3)c2)C1. The van der Waals surface area contributed by atoms with Gasteiger partial charge in [0.1, 0.15) is 22.5 Å². The first kappa shape index (κ1) is 36.4. The molecule has 4 aromatic carbocycles. The van der Waals surface area contributed by atoms with Gasteiger partial charge in [0.05, 0.1) is 0 Å². The Kier molecular flexibility index (Phi) is 9.68. The normalized spacial score (nSPS) is 26.3. The predicted molar refractivity (Wildman–Crippen MR) is 216 cm³/mol. The van der Waals surface area contributed by atoms with Crippen molar-refractivity contribution < 1.29 is 5.11 Å². The van der Waals surface area contributed by atoms with Crippen LogP contribution < -0.4 is 0 Å². The fourth-order valence-electron chi connectivity index (χ4n) is 10.3. The van der Waals surface area contributed by atoms with Crippen LogP contribution in [0.25, 0.3) is 16.7 Å². The molecule has 52 heavy (non-hydrogen) atoms. The summed E-state index contributed by atoms with van der Waals surface area (Å²) in [4.78, 5) is 1.71. The maximum absolute atomic E-state index is 12.9. The third-order valence-electron chi connectivity index (χ3n) is 14.9. The summed E-state index contributed by atoms with van der Waals surface area (Å²) in [6.07, 6.45) is 9.51. The van der Waals surface area contributed by atoms with Crippen LogP contribution in [-0.4, -0.2) is 20.1 Å². The Hall–Kier alpha value is -3.92. The number of hydrogen-bond acceptors (Lipinski definition) is 3. The topological polar surface area (TPSA) is 50.9 Å². The molecule has 6 atom stereocenters. The first-order valence-electron chi connectivity index (χ1n) is 20.1. The van der Waals surface area contributed by atoms with Crippen molar-refractivity contribution in [2.75, 3.05) is 0 Å². The molecule has 4 heteroatoms. The molecule has 0 radical (unpaired) electrons. The van der Waals surface area contributed by atoms with Crippen molar-refractivity contribution in [2.45, 2.75) is 118 Å². The number of benzene rings is 4. The average molecular weight is 696 g/mol. The van der Waals surface area contributed by atoms with Gasteiger partial charge in [0.15, 0.2) is 0 Å². The Labute approximate surface area is 313 Å². The Balaban J connectivity index is 1.53. The molecule has 0 aliphatic heterocycles. The number of aromatic nitrogens is 3. The molecular formula is C48H61N3O. The summed E-state index contributed by atoms with van der Waals surface area (Å²) in [7, 11) is 0. The number of fused-ring (bicyclic) bond motifs is 1. The molecule has 7 rings (SSSR count). The highest BCUT2D eigenvalue weighted by molar-refractivity contribution is 5.74. The zero-order valence-electron chi connectivity index (χ0n) is 33.0. The van der Waals surface area contributed by atoms with Gasteiger partial charge in [0, 0.05) is 16.4 Å². The van der Waals surface area contributed by atoms with Gasteiger partial charge in [-0.15, -0.1) is 15.0 Å². The largest absolute Gasteiger partial charge is 0.505 e. The number of hydrogen-bond donors (Lipinski definition) is 1. The second kappa shape index (κ2) is 13.8. The molecule has 274 valence electrons. The lowest BCUT2D eigenvalue weighted by molar-refractivity contribution is 0.0732. The van der Waals surface area contributed by atoms with Crippen LogP contribution in [0.5, 0.6) is 5.75 Å². The third kappa shape index (κ3) is 6.18. The first-order chi connectivity index (χ1) is 24.8. The predicted octanol–water partition coefficient (Wildman–Crippen LogP) is 12.4. The third-order valence-corrected chi connectivity index (χ3v) is 14.9. The Morgan fingerprint density at radius 1 is 0.635 bits per heavy atom. The van der Waals surface area contributed by atoms with Crippen LogP contribution >= 0.6 is 0 Å². The molecule has 0 saturated heterocycles. The molecule has 1 aromatic heterocycles. The van der Waals surface area contributed by atoms with Crippen molar-refractivity contribution in [3.05, 3.63) is 119 Å². The van der Waals surface area contributed by atoms with E-state index in [-0.39, 0.29) is 16.2 Å². The van der Waals surface area contributed by atoms with E-state index >= 15 is 0 Å². The summed E-state index contributed by atoms with van der Waals surface area (Å²) >= 11 is 0. The van der Waals surface area contributed by atoms with Crippen LogP contribution in [0.15, 0.2) is 97.1 Å². The van der Waals surface area contributed by atoms with Gasteiger partial charge in [-0.25, -0.2) is 0 Å². The van der Waals surface area contributed by atoms with E-state index in [1.54, 1.807) is 4.80 Å². The first-order valence-corrected chi connectivity index (χ1v) is 20.1. The van der Waals surface area contributed by atoms with Crippen LogP contribution in [0, 0.1) is 34.5 Å². The highest BCUT2D eigenvalue weighted by Gasteiger charge is 2.49. The minimum Gasteiger partial charge on any atom is -0.505 e. The summed E-state index contributed by atoms with van der Waals surface area (Å²) < 4.78 is 0. The van der Waals surface area contributed by atoms with Crippen LogP contribution in [-0.2, 0) is 10.8 Å². The molecule has 0 bridgehead atoms. The maximum atomic E-state index is 12.9. The molecule has 0 amide bonds. The molecule has 2 saturated carbocycles. The fourth-order valence-corrected chi connectivity index (χ4v) is 10.3. The van der Waals surface area contributed by atoms with Crippen molar-refractivity contribution in [3.8, 4) is 11.4 Å². The van der Waals surface area contributed by atoms with E-state index in [9.17, 15) is 5.11 Å². The molecule has 2 aliphatic rings. The lowest BCUT2D eigenvalue weighted by atomic mass is 9.54. The summed E-state index contributed by atoms with van der Waals surface area (Å²) in [6.45, 7) is 19.5. The Morgan fingerprint density at radius 3 is 1.56 bits per heavy atom. The number of rotatable bonds is 9. The van der Waals surface area contributed by atoms with Crippen LogP contribution in [0.1, 0.15) is 129 Å². The summed E-state index contributed by atoms with van der Waals surface area (Å²) in [5.41, 5.74) is 6.89. The summed E-state index contributed by atoms with van der Waals surface area (Å²) in [5.74, 6) is 2.24. The highest BCUT2D eigenvalue weighted by Crippen LogP contribution is 2.58. The monoisotopic (exact) mass is 695 g/mol. The van der Waals surface area contributed by atoms with Crippen LogP contribution in [0.2, 0.25) is 0 Å². The second-order valence-electron chi connectivity index (χ2n) is 18.2. The molecule has 2 fully saturated rings. The second-order valence-corrected chi connectivity index (χ2v) is 18.2. The van der Waals surface area contributed by atoms with E-state index in [2.05, 4.69) is 128 Å². The number of phenols is 1. The number of phenolic OH excluding ortho intramolecular Hbond substituents is 1. The molecule has 5 aromatic rings. The quantitative estimate of drug-likeness (QED) is 0.167. The molecule has 0 spiro atoms. The zero-order chi connectivity index (χ0) is 36.9. The van der Waals surface area contributed by atoms with E-state index in [1.165, 1.54) is 48.8 Å². The van der Waals surface area contributed by atoms with Gasteiger partial charge in [-0.05, 0) is 108 Å². The number of nitrogens with zero attached hydrogens (tertiary/aromatic N) is 3. The van der Waals surface area contributed by atoms with Crippen molar-refractivity contribution in [3.63, 3.8) is 0 Å². The minimum absolute atomic E-state index is 0.234. The van der Waals surface area contributed by atoms with E-state index < -0.39 is 5.41 Å². The highest BCUT2D eigenvalue weighted by atomic mass is 16.3. The molecule has 1 N–H and O–H groups in total. The van der Waals surface area contributed by atoms with Crippen molar-refractivity contribution in [1.29, 1.82) is 0 Å². The van der Waals surface area contributed by atoms with Gasteiger partial charge in [0.25, 0.3) is 0 Å². The van der Waals surface area contributed by atoms with Crippen LogP contribution in [0.4, 0.5) is 0 Å². The summed E-state index contributed by atoms with van der Waals surface area (Å²) in [5, 5.41) is 22.9. The van der Waals surface area contributed by atoms with Gasteiger partial charge in [-0.3, -0.25) is 0 Å². The molecule has 4 nitrogen and oxygen atoms in total. The molecule has 6 unspecified atom stereocenters. The van der Waals surface area contributed by atoms with Gasteiger partial charge < -0.3 is 5.11 Å². The van der Waals surface area contributed by atoms with E-state index in [0.717, 1.165) is 35.9 Å². The van der Waals surface area contributed by atoms with E-state index in [4.69, 9.17) is 10.2 Å². The van der Waals surface area contributed by atoms with Crippen molar-refractivity contribution in [2.24, 2.45) is 34.5 Å². The Morgan fingerprint density at radius 2 is 1.08 bits per heavy atom. The smallest absolute Gasteiger partial charge is 0.147 e. The Bertz CT molecular complexity index is 1970. The maximum Gasteiger partial charge on any atom is 0.147 e. The van der Waals surface area contributed by atoms with Gasteiger partial charge >= 0.3 is 0 Å². The fraction of sp³-hybridized carbons (Fsp3) is 0.500. The zero-order valence-corrected chi connectivity index (χ0v) is 33.0.